The van der Waals surface area contributed by atoms with Gasteiger partial charge in [0.05, 0.1) is 31.8 Å². The summed E-state index contributed by atoms with van der Waals surface area (Å²) in [5, 5.41) is 14.8. The SMILES string of the molecule is CN(C(=O)c1cc(-c2ccco2)n(-c2ccc(Cl)cc2)n1)C1(CO)COC1. The number of carbonyl (C=O) groups excluding carboxylic acids is 1. The number of furan rings is 1. The van der Waals surface area contributed by atoms with Crippen molar-refractivity contribution in [2.45, 2.75) is 5.54 Å². The van der Waals surface area contributed by atoms with Crippen molar-refractivity contribution in [2.24, 2.45) is 0 Å². The van der Waals surface area contributed by atoms with Crippen LogP contribution < -0.4 is 0 Å². The Morgan fingerprint density at radius 2 is 2.07 bits per heavy atom. The average molecular weight is 388 g/mol. The number of rotatable bonds is 5. The van der Waals surface area contributed by atoms with Crippen LogP contribution in [-0.2, 0) is 4.74 Å². The van der Waals surface area contributed by atoms with Gasteiger partial charge in [-0.15, -0.1) is 0 Å². The summed E-state index contributed by atoms with van der Waals surface area (Å²) in [6, 6.07) is 12.4. The van der Waals surface area contributed by atoms with Crippen LogP contribution in [0.1, 0.15) is 10.5 Å². The highest BCUT2D eigenvalue weighted by atomic mass is 35.5. The van der Waals surface area contributed by atoms with Gasteiger partial charge in [-0.3, -0.25) is 4.79 Å². The topological polar surface area (TPSA) is 80.7 Å². The Kier molecular flexibility index (Phi) is 4.51. The maximum absolute atomic E-state index is 13.0. The van der Waals surface area contributed by atoms with Crippen molar-refractivity contribution in [1.29, 1.82) is 0 Å². The van der Waals surface area contributed by atoms with Gasteiger partial charge in [0, 0.05) is 18.1 Å². The molecule has 1 amide bonds. The molecular formula is C19H18ClN3O4. The minimum absolute atomic E-state index is 0.168. The molecule has 4 rings (SSSR count). The smallest absolute Gasteiger partial charge is 0.274 e. The summed E-state index contributed by atoms with van der Waals surface area (Å²) in [6.45, 7) is 0.432. The van der Waals surface area contributed by atoms with Gasteiger partial charge in [-0.1, -0.05) is 11.6 Å². The number of hydrogen-bond donors (Lipinski definition) is 1. The molecule has 0 bridgehead atoms. The van der Waals surface area contributed by atoms with E-state index in [0.717, 1.165) is 5.69 Å². The highest BCUT2D eigenvalue weighted by molar-refractivity contribution is 6.30. The van der Waals surface area contributed by atoms with E-state index in [1.54, 1.807) is 48.3 Å². The van der Waals surface area contributed by atoms with Gasteiger partial charge >= 0.3 is 0 Å². The van der Waals surface area contributed by atoms with Gasteiger partial charge in [-0.25, -0.2) is 4.68 Å². The molecule has 1 aliphatic heterocycles. The highest BCUT2D eigenvalue weighted by Gasteiger charge is 2.45. The summed E-state index contributed by atoms with van der Waals surface area (Å²) < 4.78 is 12.3. The summed E-state index contributed by atoms with van der Waals surface area (Å²) in [5.41, 5.74) is 0.934. The number of likely N-dealkylation sites (N-methyl/N-ethyl adjacent to an activating group) is 1. The summed E-state index contributed by atoms with van der Waals surface area (Å²) >= 11 is 5.98. The predicted molar refractivity (Wildman–Crippen MR) is 99.0 cm³/mol. The average Bonchev–Trinajstić information content (AvgIpc) is 3.30. The molecule has 0 atom stereocenters. The fourth-order valence-corrected chi connectivity index (χ4v) is 3.11. The Balaban J connectivity index is 1.75. The van der Waals surface area contributed by atoms with Crippen LogP contribution in [0.25, 0.3) is 17.1 Å². The minimum atomic E-state index is -0.702. The summed E-state index contributed by atoms with van der Waals surface area (Å²) in [7, 11) is 1.65. The van der Waals surface area contributed by atoms with Crippen molar-refractivity contribution >= 4 is 17.5 Å². The first-order valence-corrected chi connectivity index (χ1v) is 8.78. The molecule has 7 nitrogen and oxygen atoms in total. The van der Waals surface area contributed by atoms with Gasteiger partial charge < -0.3 is 19.2 Å². The molecule has 1 aliphatic rings. The Hall–Kier alpha value is -2.61. The molecule has 8 heteroatoms. The monoisotopic (exact) mass is 387 g/mol. The van der Waals surface area contributed by atoms with E-state index in [1.807, 2.05) is 12.1 Å². The molecule has 27 heavy (non-hydrogen) atoms. The lowest BCUT2D eigenvalue weighted by molar-refractivity contribution is -0.139. The molecule has 0 saturated carbocycles. The third-order valence-corrected chi connectivity index (χ3v) is 5.08. The van der Waals surface area contributed by atoms with E-state index in [4.69, 9.17) is 20.8 Å². The number of benzene rings is 1. The number of hydrogen-bond acceptors (Lipinski definition) is 5. The Labute approximate surface area is 160 Å². The van der Waals surface area contributed by atoms with Crippen LogP contribution in [0.4, 0.5) is 0 Å². The van der Waals surface area contributed by atoms with E-state index in [0.29, 0.717) is 29.7 Å². The first kappa shape index (κ1) is 17.8. The van der Waals surface area contributed by atoms with E-state index in [1.165, 1.54) is 4.90 Å². The van der Waals surface area contributed by atoms with E-state index in [2.05, 4.69) is 5.10 Å². The van der Waals surface area contributed by atoms with Crippen LogP contribution >= 0.6 is 11.6 Å². The maximum Gasteiger partial charge on any atom is 0.274 e. The number of halogens is 1. The zero-order chi connectivity index (χ0) is 19.0. The highest BCUT2D eigenvalue weighted by Crippen LogP contribution is 2.28. The van der Waals surface area contributed by atoms with Crippen molar-refractivity contribution < 1.29 is 19.1 Å². The second-order valence-electron chi connectivity index (χ2n) is 6.52. The molecule has 140 valence electrons. The number of nitrogens with zero attached hydrogens (tertiary/aromatic N) is 3. The van der Waals surface area contributed by atoms with Crippen molar-refractivity contribution in [3.63, 3.8) is 0 Å². The zero-order valence-corrected chi connectivity index (χ0v) is 15.4. The largest absolute Gasteiger partial charge is 0.463 e. The fourth-order valence-electron chi connectivity index (χ4n) is 2.98. The normalized spacial score (nSPS) is 15.4. The molecule has 1 N–H and O–H groups in total. The molecule has 0 radical (unpaired) electrons. The molecule has 0 aliphatic carbocycles. The van der Waals surface area contributed by atoms with Gasteiger partial charge in [0.1, 0.15) is 11.2 Å². The first-order chi connectivity index (χ1) is 13.0. The molecule has 1 saturated heterocycles. The molecule has 3 heterocycles. The third-order valence-electron chi connectivity index (χ3n) is 4.83. The number of amides is 1. The van der Waals surface area contributed by atoms with Crippen molar-refractivity contribution in [3.8, 4) is 17.1 Å². The molecule has 1 fully saturated rings. The summed E-state index contributed by atoms with van der Waals surface area (Å²) in [4.78, 5) is 14.5. The molecule has 3 aromatic rings. The zero-order valence-electron chi connectivity index (χ0n) is 14.6. The van der Waals surface area contributed by atoms with Crippen LogP contribution in [0, 0.1) is 0 Å². The Morgan fingerprint density at radius 1 is 1.33 bits per heavy atom. The summed E-state index contributed by atoms with van der Waals surface area (Å²) in [5.74, 6) is 0.288. The molecule has 1 aromatic carbocycles. The van der Waals surface area contributed by atoms with E-state index in [-0.39, 0.29) is 18.2 Å². The molecular weight excluding hydrogens is 370 g/mol. The van der Waals surface area contributed by atoms with E-state index < -0.39 is 5.54 Å². The Bertz CT molecular complexity index is 940. The van der Waals surface area contributed by atoms with Crippen molar-refractivity contribution in [2.75, 3.05) is 26.9 Å². The lowest BCUT2D eigenvalue weighted by Gasteiger charge is -2.46. The van der Waals surface area contributed by atoms with Crippen molar-refractivity contribution in [1.82, 2.24) is 14.7 Å². The lowest BCUT2D eigenvalue weighted by Crippen LogP contribution is -2.64. The van der Waals surface area contributed by atoms with Gasteiger partial charge in [0.2, 0.25) is 0 Å². The van der Waals surface area contributed by atoms with Crippen LogP contribution in [0.15, 0.2) is 53.1 Å². The van der Waals surface area contributed by atoms with Crippen LogP contribution in [0.3, 0.4) is 0 Å². The quantitative estimate of drug-likeness (QED) is 0.727. The minimum Gasteiger partial charge on any atom is -0.463 e. The second kappa shape index (κ2) is 6.84. The third kappa shape index (κ3) is 3.03. The Morgan fingerprint density at radius 3 is 2.63 bits per heavy atom. The number of carbonyl (C=O) groups is 1. The number of aromatic nitrogens is 2. The molecule has 2 aromatic heterocycles. The molecule has 0 unspecified atom stereocenters. The van der Waals surface area contributed by atoms with Crippen LogP contribution in [-0.4, -0.2) is 58.1 Å². The van der Waals surface area contributed by atoms with Gasteiger partial charge in [-0.2, -0.15) is 5.10 Å². The number of ether oxygens (including phenoxy) is 1. The number of aliphatic hydroxyl groups is 1. The van der Waals surface area contributed by atoms with E-state index in [9.17, 15) is 9.90 Å². The van der Waals surface area contributed by atoms with Gasteiger partial charge in [0.25, 0.3) is 5.91 Å². The van der Waals surface area contributed by atoms with Crippen LogP contribution in [0.2, 0.25) is 5.02 Å². The second-order valence-corrected chi connectivity index (χ2v) is 6.96. The molecule has 0 spiro atoms. The van der Waals surface area contributed by atoms with Gasteiger partial charge in [-0.05, 0) is 36.4 Å². The summed E-state index contributed by atoms with van der Waals surface area (Å²) in [6.07, 6.45) is 1.56. The maximum atomic E-state index is 13.0. The van der Waals surface area contributed by atoms with Crippen molar-refractivity contribution in [3.05, 3.63) is 59.4 Å². The lowest BCUT2D eigenvalue weighted by atomic mass is 9.96. The van der Waals surface area contributed by atoms with Crippen LogP contribution in [0.5, 0.6) is 0 Å². The standard InChI is InChI=1S/C19H18ClN3O4/c1-22(19(10-24)11-26-12-19)18(25)15-9-16(17-3-2-8-27-17)23(21-15)14-6-4-13(20)5-7-14/h2-9,24H,10-12H2,1H3. The van der Waals surface area contributed by atoms with E-state index >= 15 is 0 Å². The number of aliphatic hydroxyl groups excluding tert-OH is 1. The predicted octanol–water partition coefficient (Wildman–Crippen LogP) is 2.62. The first-order valence-electron chi connectivity index (χ1n) is 8.41. The fraction of sp³-hybridized carbons (Fsp3) is 0.263. The van der Waals surface area contributed by atoms with Gasteiger partial charge in [0.15, 0.2) is 11.5 Å².